The minimum Gasteiger partial charge on any atom is -0.0654 e. The Morgan fingerprint density at radius 1 is 0.514 bits per heavy atom. The molecule has 2 aliphatic carbocycles. The van der Waals surface area contributed by atoms with Crippen LogP contribution in [0.15, 0.2) is 59.7 Å². The highest BCUT2D eigenvalue weighted by atomic mass is 14.5. The van der Waals surface area contributed by atoms with Crippen LogP contribution in [-0.2, 0) is 0 Å². The van der Waals surface area contributed by atoms with Crippen molar-refractivity contribution in [3.05, 3.63) is 81.9 Å². The highest BCUT2D eigenvalue weighted by Crippen LogP contribution is 2.63. The van der Waals surface area contributed by atoms with Gasteiger partial charge >= 0.3 is 0 Å². The largest absolute Gasteiger partial charge is 0.0654 e. The summed E-state index contributed by atoms with van der Waals surface area (Å²) >= 11 is 0. The zero-order chi connectivity index (χ0) is 26.4. The summed E-state index contributed by atoms with van der Waals surface area (Å²) in [6.07, 6.45) is 15.3. The second kappa shape index (κ2) is 12.6. The molecule has 0 aromatic heterocycles. The highest BCUT2D eigenvalue weighted by Gasteiger charge is 2.48. The standard InChI is InChI=1S/C37H52/c1-7-11-13-23-31-27(19-9-3)29-21-15-17-25-33(29)35(31)37(5,6)36-32(24-14-12-8-2)28(20-10-4)30-22-16-18-26-34(30)36/h15-18,21-22,25-26,35-36H,7-14,19-20,23-24H2,1-6H3. The predicted molar refractivity (Wildman–Crippen MR) is 164 cm³/mol. The summed E-state index contributed by atoms with van der Waals surface area (Å²) in [6, 6.07) is 18.9. The Morgan fingerprint density at radius 3 is 1.30 bits per heavy atom. The van der Waals surface area contributed by atoms with Crippen LogP contribution < -0.4 is 0 Å². The molecule has 4 rings (SSSR count). The molecule has 0 saturated carbocycles. The molecule has 2 aromatic rings. The fourth-order valence-corrected chi connectivity index (χ4v) is 7.80. The van der Waals surface area contributed by atoms with Gasteiger partial charge in [0.1, 0.15) is 0 Å². The molecule has 2 unspecified atom stereocenters. The monoisotopic (exact) mass is 496 g/mol. The van der Waals surface area contributed by atoms with Crippen LogP contribution in [0.1, 0.15) is 153 Å². The Hall–Kier alpha value is -2.08. The van der Waals surface area contributed by atoms with Crippen LogP contribution in [-0.4, -0.2) is 0 Å². The first-order chi connectivity index (χ1) is 18.0. The fourth-order valence-electron chi connectivity index (χ4n) is 7.80. The van der Waals surface area contributed by atoms with Crippen LogP contribution in [0, 0.1) is 5.41 Å². The fraction of sp³-hybridized carbons (Fsp3) is 0.568. The molecule has 0 spiro atoms. The van der Waals surface area contributed by atoms with E-state index < -0.39 is 0 Å². The average Bonchev–Trinajstić information content (AvgIpc) is 3.38. The van der Waals surface area contributed by atoms with Crippen LogP contribution in [0.4, 0.5) is 0 Å². The molecule has 37 heavy (non-hydrogen) atoms. The lowest BCUT2D eigenvalue weighted by Gasteiger charge is -2.42. The van der Waals surface area contributed by atoms with Gasteiger partial charge in [0.05, 0.1) is 0 Å². The number of hydrogen-bond donors (Lipinski definition) is 0. The Morgan fingerprint density at radius 2 is 0.919 bits per heavy atom. The normalized spacial score (nSPS) is 19.1. The van der Waals surface area contributed by atoms with Crippen LogP contribution in [0.3, 0.4) is 0 Å². The van der Waals surface area contributed by atoms with E-state index in [1.165, 1.54) is 77.0 Å². The van der Waals surface area contributed by atoms with E-state index in [2.05, 4.69) is 90.1 Å². The quantitative estimate of drug-likeness (QED) is 0.228. The molecule has 0 heteroatoms. The van der Waals surface area contributed by atoms with Gasteiger partial charge in [0.2, 0.25) is 0 Å². The summed E-state index contributed by atoms with van der Waals surface area (Å²) in [5, 5.41) is 0. The Balaban J connectivity index is 1.87. The molecule has 2 atom stereocenters. The maximum absolute atomic E-state index is 2.62. The molecule has 0 N–H and O–H groups in total. The third kappa shape index (κ3) is 5.41. The highest BCUT2D eigenvalue weighted by molar-refractivity contribution is 5.81. The molecule has 0 radical (unpaired) electrons. The zero-order valence-corrected chi connectivity index (χ0v) is 24.8. The van der Waals surface area contributed by atoms with E-state index in [1.54, 1.807) is 44.5 Å². The van der Waals surface area contributed by atoms with E-state index in [1.807, 2.05) is 0 Å². The second-order valence-corrected chi connectivity index (χ2v) is 12.3. The summed E-state index contributed by atoms with van der Waals surface area (Å²) in [7, 11) is 0. The van der Waals surface area contributed by atoms with Crippen molar-refractivity contribution in [2.75, 3.05) is 0 Å². The molecule has 200 valence electrons. The number of fused-ring (bicyclic) bond motifs is 2. The van der Waals surface area contributed by atoms with Crippen LogP contribution in [0.5, 0.6) is 0 Å². The first-order valence-electron chi connectivity index (χ1n) is 15.6. The molecule has 0 aliphatic heterocycles. The maximum atomic E-state index is 2.62. The summed E-state index contributed by atoms with van der Waals surface area (Å²) in [6.45, 7) is 14.6. The molecule has 0 fully saturated rings. The van der Waals surface area contributed by atoms with E-state index in [4.69, 9.17) is 0 Å². The molecular weight excluding hydrogens is 444 g/mol. The third-order valence-electron chi connectivity index (χ3n) is 9.25. The molecule has 2 aliphatic rings. The lowest BCUT2D eigenvalue weighted by Crippen LogP contribution is -2.31. The maximum Gasteiger partial charge on any atom is 0.0120 e. The van der Waals surface area contributed by atoms with Gasteiger partial charge in [-0.25, -0.2) is 0 Å². The smallest absolute Gasteiger partial charge is 0.0120 e. The molecule has 2 aromatic carbocycles. The van der Waals surface area contributed by atoms with Gasteiger partial charge in [0, 0.05) is 11.8 Å². The van der Waals surface area contributed by atoms with Gasteiger partial charge in [-0.3, -0.25) is 0 Å². The van der Waals surface area contributed by atoms with Gasteiger partial charge in [0.25, 0.3) is 0 Å². The minimum absolute atomic E-state index is 0.125. The van der Waals surface area contributed by atoms with Gasteiger partial charge in [0.15, 0.2) is 0 Å². The van der Waals surface area contributed by atoms with Crippen molar-refractivity contribution in [2.24, 2.45) is 5.41 Å². The number of rotatable bonds is 14. The minimum atomic E-state index is 0.125. The SMILES string of the molecule is CCCCCC1=C(CCC)c2ccccc2C1C(C)(C)C1C(CCCCC)=C(CCC)c2ccccc21. The summed E-state index contributed by atoms with van der Waals surface area (Å²) < 4.78 is 0. The van der Waals surface area contributed by atoms with E-state index in [-0.39, 0.29) is 5.41 Å². The Kier molecular flexibility index (Phi) is 9.55. The molecule has 0 bridgehead atoms. The van der Waals surface area contributed by atoms with Crippen LogP contribution in [0.25, 0.3) is 11.1 Å². The first kappa shape index (κ1) is 27.9. The van der Waals surface area contributed by atoms with Crippen molar-refractivity contribution < 1.29 is 0 Å². The topological polar surface area (TPSA) is 0 Å². The number of allylic oxidation sites excluding steroid dienone is 4. The van der Waals surface area contributed by atoms with Crippen molar-refractivity contribution in [1.82, 2.24) is 0 Å². The van der Waals surface area contributed by atoms with Crippen molar-refractivity contribution in [3.63, 3.8) is 0 Å². The van der Waals surface area contributed by atoms with Crippen molar-refractivity contribution in [3.8, 4) is 0 Å². The van der Waals surface area contributed by atoms with Crippen molar-refractivity contribution in [1.29, 1.82) is 0 Å². The summed E-state index contributed by atoms with van der Waals surface area (Å²) in [5.74, 6) is 1.00. The molecule has 0 saturated heterocycles. The molecule has 0 amide bonds. The van der Waals surface area contributed by atoms with Crippen molar-refractivity contribution in [2.45, 2.75) is 130 Å². The lowest BCUT2D eigenvalue weighted by molar-refractivity contribution is 0.266. The molecule has 0 heterocycles. The van der Waals surface area contributed by atoms with E-state index >= 15 is 0 Å². The van der Waals surface area contributed by atoms with Crippen molar-refractivity contribution >= 4 is 11.1 Å². The molecule has 0 nitrogen and oxygen atoms in total. The van der Waals surface area contributed by atoms with Gasteiger partial charge < -0.3 is 0 Å². The number of benzene rings is 2. The Bertz CT molecular complexity index is 1020. The number of unbranched alkanes of at least 4 members (excludes halogenated alkanes) is 4. The predicted octanol–water partition coefficient (Wildman–Crippen LogP) is 11.9. The van der Waals surface area contributed by atoms with Crippen LogP contribution in [0.2, 0.25) is 0 Å². The Labute approximate surface area is 228 Å². The number of hydrogen-bond acceptors (Lipinski definition) is 0. The zero-order valence-electron chi connectivity index (χ0n) is 24.8. The van der Waals surface area contributed by atoms with Gasteiger partial charge in [-0.05, 0) is 77.3 Å². The van der Waals surface area contributed by atoms with E-state index in [9.17, 15) is 0 Å². The second-order valence-electron chi connectivity index (χ2n) is 12.3. The average molecular weight is 497 g/mol. The van der Waals surface area contributed by atoms with Gasteiger partial charge in [-0.1, -0.05) is 140 Å². The van der Waals surface area contributed by atoms with Gasteiger partial charge in [-0.15, -0.1) is 0 Å². The molecular formula is C37H52. The van der Waals surface area contributed by atoms with Crippen LogP contribution >= 0.6 is 0 Å². The summed E-state index contributed by atoms with van der Waals surface area (Å²) in [4.78, 5) is 0. The summed E-state index contributed by atoms with van der Waals surface area (Å²) in [5.41, 5.74) is 13.4. The van der Waals surface area contributed by atoms with E-state index in [0.29, 0.717) is 11.8 Å². The van der Waals surface area contributed by atoms with E-state index in [0.717, 1.165) is 0 Å². The van der Waals surface area contributed by atoms with Gasteiger partial charge in [-0.2, -0.15) is 0 Å². The third-order valence-corrected chi connectivity index (χ3v) is 9.25. The first-order valence-corrected chi connectivity index (χ1v) is 15.6. The lowest BCUT2D eigenvalue weighted by atomic mass is 9.61.